The average molecular weight is 468 g/mol. The molecule has 4 rings (SSSR count). The van der Waals surface area contributed by atoms with E-state index in [0.29, 0.717) is 33.3 Å². The van der Waals surface area contributed by atoms with Gasteiger partial charge in [-0.2, -0.15) is 5.26 Å². The Labute approximate surface area is 193 Å². The number of fused-ring (bicyclic) bond motifs is 1. The van der Waals surface area contributed by atoms with Crippen LogP contribution in [-0.4, -0.2) is 41.5 Å². The molecule has 160 valence electrons. The van der Waals surface area contributed by atoms with Gasteiger partial charge in [-0.15, -0.1) is 0 Å². The number of nitriles is 1. The number of nitrogens with one attached hydrogen (secondary N) is 1. The Morgan fingerprint density at radius 2 is 2.00 bits per heavy atom. The first kappa shape index (κ1) is 21.6. The van der Waals surface area contributed by atoms with Crippen LogP contribution >= 0.6 is 23.2 Å². The van der Waals surface area contributed by atoms with E-state index in [2.05, 4.69) is 15.3 Å². The molecule has 1 aromatic heterocycles. The van der Waals surface area contributed by atoms with Crippen LogP contribution in [0.2, 0.25) is 10.0 Å². The van der Waals surface area contributed by atoms with Gasteiger partial charge in [-0.05, 0) is 24.3 Å². The fourth-order valence-corrected chi connectivity index (χ4v) is 3.51. The van der Waals surface area contributed by atoms with Crippen molar-refractivity contribution < 1.29 is 14.3 Å². The molecule has 8 nitrogen and oxygen atoms in total. The van der Waals surface area contributed by atoms with Gasteiger partial charge in [-0.25, -0.2) is 9.97 Å². The van der Waals surface area contributed by atoms with Crippen LogP contribution in [0.3, 0.4) is 0 Å². The Balaban J connectivity index is 1.56. The molecule has 32 heavy (non-hydrogen) atoms. The molecular formula is C22H15Cl2N5O3. The lowest BCUT2D eigenvalue weighted by atomic mass is 10.1. The van der Waals surface area contributed by atoms with E-state index in [1.165, 1.54) is 11.1 Å². The topological polar surface area (TPSA) is 108 Å². The number of rotatable bonds is 3. The predicted molar refractivity (Wildman–Crippen MR) is 119 cm³/mol. The molecule has 0 aliphatic carbocycles. The zero-order valence-corrected chi connectivity index (χ0v) is 18.2. The number of anilines is 1. The molecule has 0 saturated carbocycles. The number of amides is 2. The maximum Gasteiger partial charge on any atom is 0.289 e. The number of halogens is 2. The van der Waals surface area contributed by atoms with Gasteiger partial charge in [-0.1, -0.05) is 35.3 Å². The van der Waals surface area contributed by atoms with Crippen LogP contribution in [0.1, 0.15) is 16.2 Å². The molecule has 0 bridgehead atoms. The molecule has 0 radical (unpaired) electrons. The molecule has 2 heterocycles. The van der Waals surface area contributed by atoms with Gasteiger partial charge in [0.05, 0.1) is 34.2 Å². The Bertz CT molecular complexity index is 1260. The zero-order valence-electron chi connectivity index (χ0n) is 16.7. The highest BCUT2D eigenvalue weighted by atomic mass is 35.5. The number of carbonyl (C=O) groups is 2. The number of likely N-dealkylation sites (N-methyl/N-ethyl adjacent to an activating group) is 1. The Morgan fingerprint density at radius 3 is 2.72 bits per heavy atom. The van der Waals surface area contributed by atoms with Crippen molar-refractivity contribution in [2.45, 2.75) is 6.04 Å². The van der Waals surface area contributed by atoms with E-state index in [9.17, 15) is 9.59 Å². The molecule has 0 unspecified atom stereocenters. The van der Waals surface area contributed by atoms with Gasteiger partial charge in [0, 0.05) is 23.7 Å². The van der Waals surface area contributed by atoms with Gasteiger partial charge < -0.3 is 15.0 Å². The highest BCUT2D eigenvalue weighted by molar-refractivity contribution is 6.33. The van der Waals surface area contributed by atoms with E-state index in [1.54, 1.807) is 49.5 Å². The largest absolute Gasteiger partial charge is 0.489 e. The summed E-state index contributed by atoms with van der Waals surface area (Å²) in [6.45, 7) is -0.117. The minimum absolute atomic E-state index is 0.117. The van der Waals surface area contributed by atoms with Crippen LogP contribution in [0.25, 0.3) is 11.3 Å². The normalized spacial score (nSPS) is 15.2. The monoisotopic (exact) mass is 467 g/mol. The Morgan fingerprint density at radius 1 is 1.25 bits per heavy atom. The average Bonchev–Trinajstić information content (AvgIpc) is 2.91. The number of nitrogens with zero attached hydrogens (tertiary/aromatic N) is 4. The summed E-state index contributed by atoms with van der Waals surface area (Å²) in [6.07, 6.45) is 1.32. The molecule has 0 spiro atoms. The third kappa shape index (κ3) is 4.21. The summed E-state index contributed by atoms with van der Waals surface area (Å²) in [4.78, 5) is 35.4. The second-order valence-corrected chi connectivity index (χ2v) is 7.77. The van der Waals surface area contributed by atoms with Crippen molar-refractivity contribution in [3.05, 3.63) is 70.1 Å². The highest BCUT2D eigenvalue weighted by Crippen LogP contribution is 2.31. The van der Waals surface area contributed by atoms with Crippen molar-refractivity contribution in [1.29, 1.82) is 5.26 Å². The maximum atomic E-state index is 12.9. The number of benzene rings is 2. The van der Waals surface area contributed by atoms with E-state index in [4.69, 9.17) is 33.2 Å². The first-order chi connectivity index (χ1) is 15.4. The molecule has 10 heteroatoms. The molecule has 1 aliphatic rings. The number of carbonyl (C=O) groups excluding carboxylic acids is 2. The summed E-state index contributed by atoms with van der Waals surface area (Å²) in [6, 6.07) is 12.6. The van der Waals surface area contributed by atoms with Crippen LogP contribution in [0, 0.1) is 11.3 Å². The van der Waals surface area contributed by atoms with Crippen LogP contribution < -0.4 is 15.0 Å². The van der Waals surface area contributed by atoms with Gasteiger partial charge >= 0.3 is 0 Å². The van der Waals surface area contributed by atoms with Gasteiger partial charge in [0.2, 0.25) is 5.82 Å². The van der Waals surface area contributed by atoms with Gasteiger partial charge in [-0.3, -0.25) is 9.59 Å². The second-order valence-electron chi connectivity index (χ2n) is 6.93. The van der Waals surface area contributed by atoms with Crippen LogP contribution in [0.5, 0.6) is 5.75 Å². The van der Waals surface area contributed by atoms with Gasteiger partial charge in [0.15, 0.2) is 0 Å². The molecule has 0 fully saturated rings. The quantitative estimate of drug-likeness (QED) is 0.631. The maximum absolute atomic E-state index is 12.9. The lowest BCUT2D eigenvalue weighted by Gasteiger charge is -2.20. The zero-order chi connectivity index (χ0) is 22.8. The first-order valence-corrected chi connectivity index (χ1v) is 10.2. The number of ether oxygens (including phenoxy) is 1. The lowest BCUT2D eigenvalue weighted by molar-refractivity contribution is -0.120. The molecule has 2 aromatic carbocycles. The third-order valence-corrected chi connectivity index (χ3v) is 5.38. The first-order valence-electron chi connectivity index (χ1n) is 9.41. The Hall–Kier alpha value is -3.67. The van der Waals surface area contributed by atoms with Gasteiger partial charge in [0.1, 0.15) is 18.4 Å². The van der Waals surface area contributed by atoms with Crippen molar-refractivity contribution in [1.82, 2.24) is 15.3 Å². The summed E-state index contributed by atoms with van der Waals surface area (Å²) >= 11 is 12.1. The van der Waals surface area contributed by atoms with Crippen LogP contribution in [-0.2, 0) is 4.79 Å². The summed E-state index contributed by atoms with van der Waals surface area (Å²) in [5.41, 5.74) is 1.92. The molecule has 1 aliphatic heterocycles. The third-order valence-electron chi connectivity index (χ3n) is 4.85. The minimum atomic E-state index is -0.983. The van der Waals surface area contributed by atoms with Crippen molar-refractivity contribution >= 4 is 40.7 Å². The molecule has 2 amide bonds. The fourth-order valence-electron chi connectivity index (χ4n) is 3.19. The smallest absolute Gasteiger partial charge is 0.289 e. The molecule has 1 N–H and O–H groups in total. The molecule has 3 aromatic rings. The van der Waals surface area contributed by atoms with Crippen molar-refractivity contribution in [3.63, 3.8) is 0 Å². The summed E-state index contributed by atoms with van der Waals surface area (Å²) in [5, 5.41) is 12.5. The van der Waals surface area contributed by atoms with Crippen molar-refractivity contribution in [2.24, 2.45) is 0 Å². The molecule has 1 atom stereocenters. The van der Waals surface area contributed by atoms with E-state index in [-0.39, 0.29) is 23.4 Å². The molecule has 0 saturated heterocycles. The van der Waals surface area contributed by atoms with E-state index >= 15 is 0 Å². The van der Waals surface area contributed by atoms with E-state index < -0.39 is 11.9 Å². The molecular weight excluding hydrogens is 453 g/mol. The summed E-state index contributed by atoms with van der Waals surface area (Å²) in [5.74, 6) is -0.808. The predicted octanol–water partition coefficient (Wildman–Crippen LogP) is 3.48. The highest BCUT2D eigenvalue weighted by Gasteiger charge is 2.31. The van der Waals surface area contributed by atoms with E-state index in [0.717, 1.165) is 0 Å². The lowest BCUT2D eigenvalue weighted by Crippen LogP contribution is -2.49. The summed E-state index contributed by atoms with van der Waals surface area (Å²) < 4.78 is 5.70. The van der Waals surface area contributed by atoms with Crippen molar-refractivity contribution in [2.75, 3.05) is 18.6 Å². The number of hydrogen-bond donors (Lipinski definition) is 1. The second kappa shape index (κ2) is 8.83. The SMILES string of the molecule is CN1C(=O)[C@@H](NC(=O)c2ncc(Cl)c(-c3ccc(Cl)cc3)n2)COc2cc(C#N)ccc21. The van der Waals surface area contributed by atoms with Crippen molar-refractivity contribution in [3.8, 4) is 23.1 Å². The fraction of sp³-hybridized carbons (Fsp3) is 0.136. The van der Waals surface area contributed by atoms with Crippen LogP contribution in [0.4, 0.5) is 5.69 Å². The standard InChI is InChI=1S/C22H15Cl2N5O3/c1-29-17-7-2-12(9-25)8-18(17)32-11-16(22(29)31)27-21(30)20-26-10-15(24)19(28-20)13-3-5-14(23)6-4-13/h2-8,10,16H,11H2,1H3,(H,27,30)/t16-/m0/s1. The summed E-state index contributed by atoms with van der Waals surface area (Å²) in [7, 11) is 1.57. The van der Waals surface area contributed by atoms with Crippen LogP contribution in [0.15, 0.2) is 48.7 Å². The Kier molecular flexibility index (Phi) is 5.95. The minimum Gasteiger partial charge on any atom is -0.489 e. The number of aromatic nitrogens is 2. The van der Waals surface area contributed by atoms with Gasteiger partial charge in [0.25, 0.3) is 11.8 Å². The van der Waals surface area contributed by atoms with E-state index in [1.807, 2.05) is 6.07 Å². The number of hydrogen-bond acceptors (Lipinski definition) is 6.